The van der Waals surface area contributed by atoms with Gasteiger partial charge in [-0.25, -0.2) is 0 Å². The van der Waals surface area contributed by atoms with E-state index in [1.165, 1.54) is 23.5 Å². The molecule has 1 aromatic heterocycles. The number of benzene rings is 2. The van der Waals surface area contributed by atoms with Crippen molar-refractivity contribution in [3.8, 4) is 11.1 Å². The number of hydrogen-bond acceptors (Lipinski definition) is 5. The van der Waals surface area contributed by atoms with Gasteiger partial charge in [-0.1, -0.05) is 42.5 Å². The molecular formula is C17H12N2O3S. The number of rotatable bonds is 4. The average molecular weight is 324 g/mol. The molecule has 1 heterocycles. The summed E-state index contributed by atoms with van der Waals surface area (Å²) >= 11 is 1.25. The predicted octanol–water partition coefficient (Wildman–Crippen LogP) is 4.14. The average Bonchev–Trinajstić information content (AvgIpc) is 2.96. The highest BCUT2D eigenvalue weighted by Gasteiger charge is 2.21. The van der Waals surface area contributed by atoms with Crippen LogP contribution in [0.15, 0.2) is 60.0 Å². The van der Waals surface area contributed by atoms with Gasteiger partial charge in [0.05, 0.1) is 15.5 Å². The number of nitro groups is 1. The van der Waals surface area contributed by atoms with Crippen LogP contribution >= 0.6 is 11.3 Å². The van der Waals surface area contributed by atoms with Crippen LogP contribution in [0, 0.1) is 10.1 Å². The van der Waals surface area contributed by atoms with E-state index < -0.39 is 4.92 Å². The molecule has 0 aliphatic rings. The predicted molar refractivity (Wildman–Crippen MR) is 90.7 cm³/mol. The van der Waals surface area contributed by atoms with E-state index in [2.05, 4.69) is 0 Å². The van der Waals surface area contributed by atoms with E-state index in [-0.39, 0.29) is 11.5 Å². The molecule has 0 aliphatic heterocycles. The zero-order valence-corrected chi connectivity index (χ0v) is 12.7. The Hall–Kier alpha value is -2.99. The Bertz CT molecular complexity index is 888. The minimum Gasteiger partial charge on any atom is -0.390 e. The van der Waals surface area contributed by atoms with Gasteiger partial charge >= 0.3 is 0 Å². The Morgan fingerprint density at radius 1 is 1.09 bits per heavy atom. The molecule has 0 radical (unpaired) electrons. The zero-order chi connectivity index (χ0) is 16.4. The number of hydrogen-bond donors (Lipinski definition) is 1. The van der Waals surface area contributed by atoms with Crippen LogP contribution < -0.4 is 5.73 Å². The molecule has 3 rings (SSSR count). The summed E-state index contributed by atoms with van der Waals surface area (Å²) in [6.07, 6.45) is 0. The number of nitrogens with two attached hydrogens (primary N) is 1. The van der Waals surface area contributed by atoms with E-state index in [0.717, 1.165) is 0 Å². The van der Waals surface area contributed by atoms with E-state index in [1.807, 2.05) is 6.07 Å². The molecule has 6 heteroatoms. The molecule has 23 heavy (non-hydrogen) atoms. The molecule has 0 spiro atoms. The number of nitro benzene ring substituents is 1. The molecule has 5 nitrogen and oxygen atoms in total. The van der Waals surface area contributed by atoms with Crippen LogP contribution in [0.1, 0.15) is 15.9 Å². The fraction of sp³-hybridized carbons (Fsp3) is 0. The summed E-state index contributed by atoms with van der Waals surface area (Å²) in [6, 6.07) is 15.0. The van der Waals surface area contributed by atoms with Gasteiger partial charge in [0, 0.05) is 28.6 Å². The lowest BCUT2D eigenvalue weighted by Crippen LogP contribution is -2.04. The van der Waals surface area contributed by atoms with E-state index >= 15 is 0 Å². The summed E-state index contributed by atoms with van der Waals surface area (Å²) in [4.78, 5) is 23.2. The Kier molecular flexibility index (Phi) is 3.91. The van der Waals surface area contributed by atoms with Gasteiger partial charge in [0.1, 0.15) is 0 Å². The van der Waals surface area contributed by atoms with Crippen LogP contribution in [0.2, 0.25) is 0 Å². The Labute approximate surface area is 136 Å². The van der Waals surface area contributed by atoms with Crippen molar-refractivity contribution in [2.45, 2.75) is 0 Å². The first kappa shape index (κ1) is 14.9. The van der Waals surface area contributed by atoms with Crippen LogP contribution in [0.3, 0.4) is 0 Å². The third kappa shape index (κ3) is 2.84. The van der Waals surface area contributed by atoms with Crippen molar-refractivity contribution in [1.29, 1.82) is 0 Å². The van der Waals surface area contributed by atoms with Crippen molar-refractivity contribution >= 4 is 27.8 Å². The quantitative estimate of drug-likeness (QED) is 0.444. The number of ketones is 1. The maximum absolute atomic E-state index is 12.7. The number of nitrogens with zero attached hydrogens (tertiary/aromatic N) is 1. The second kappa shape index (κ2) is 6.02. The monoisotopic (exact) mass is 324 g/mol. The molecule has 2 N–H and O–H groups in total. The van der Waals surface area contributed by atoms with Gasteiger partial charge in [-0.2, -0.15) is 0 Å². The molecule has 0 fully saturated rings. The van der Waals surface area contributed by atoms with Crippen LogP contribution in [0.5, 0.6) is 0 Å². The van der Waals surface area contributed by atoms with Crippen LogP contribution in [0.25, 0.3) is 11.1 Å². The summed E-state index contributed by atoms with van der Waals surface area (Å²) in [5, 5.41) is 13.1. The lowest BCUT2D eigenvalue weighted by molar-refractivity contribution is -0.384. The van der Waals surface area contributed by atoms with Crippen molar-refractivity contribution < 1.29 is 9.72 Å². The Balaban J connectivity index is 2.11. The first-order chi connectivity index (χ1) is 11.1. The van der Waals surface area contributed by atoms with E-state index in [9.17, 15) is 14.9 Å². The molecular weight excluding hydrogens is 312 g/mol. The van der Waals surface area contributed by atoms with Gasteiger partial charge in [-0.3, -0.25) is 14.9 Å². The fourth-order valence-corrected chi connectivity index (χ4v) is 3.16. The van der Waals surface area contributed by atoms with E-state index in [1.54, 1.807) is 41.8 Å². The Morgan fingerprint density at radius 3 is 2.52 bits per heavy atom. The smallest absolute Gasteiger partial charge is 0.270 e. The molecule has 0 saturated heterocycles. The summed E-state index contributed by atoms with van der Waals surface area (Å²) in [6.45, 7) is 0. The number of carbonyl (C=O) groups is 1. The highest BCUT2D eigenvalue weighted by Crippen LogP contribution is 2.36. The topological polar surface area (TPSA) is 86.2 Å². The van der Waals surface area contributed by atoms with Gasteiger partial charge in [-0.15, -0.1) is 11.3 Å². The normalized spacial score (nSPS) is 10.4. The maximum Gasteiger partial charge on any atom is 0.270 e. The maximum atomic E-state index is 12.7. The van der Waals surface area contributed by atoms with Crippen molar-refractivity contribution in [1.82, 2.24) is 0 Å². The van der Waals surface area contributed by atoms with Crippen LogP contribution in [0.4, 0.5) is 10.7 Å². The van der Waals surface area contributed by atoms with Gasteiger partial charge < -0.3 is 5.73 Å². The number of non-ortho nitro benzene ring substituents is 1. The summed E-state index contributed by atoms with van der Waals surface area (Å²) in [7, 11) is 0. The number of carbonyl (C=O) groups excluding carboxylic acids is 1. The van der Waals surface area contributed by atoms with E-state index in [4.69, 9.17) is 5.73 Å². The van der Waals surface area contributed by atoms with Crippen LogP contribution in [-0.4, -0.2) is 10.7 Å². The van der Waals surface area contributed by atoms with Crippen LogP contribution in [-0.2, 0) is 0 Å². The third-order valence-corrected chi connectivity index (χ3v) is 4.26. The van der Waals surface area contributed by atoms with Gasteiger partial charge in [-0.05, 0) is 5.56 Å². The molecule has 0 unspecified atom stereocenters. The van der Waals surface area contributed by atoms with Crippen molar-refractivity contribution in [2.24, 2.45) is 0 Å². The number of anilines is 1. The lowest BCUT2D eigenvalue weighted by Gasteiger charge is -2.05. The summed E-state index contributed by atoms with van der Waals surface area (Å²) in [5.41, 5.74) is 8.10. The minimum absolute atomic E-state index is 0.0228. The summed E-state index contributed by atoms with van der Waals surface area (Å²) in [5.74, 6) is -0.189. The molecule has 114 valence electrons. The molecule has 0 saturated carbocycles. The van der Waals surface area contributed by atoms with Gasteiger partial charge in [0.25, 0.3) is 5.69 Å². The fourth-order valence-electron chi connectivity index (χ4n) is 2.34. The molecule has 3 aromatic rings. The van der Waals surface area contributed by atoms with Crippen molar-refractivity contribution in [3.05, 3.63) is 81.2 Å². The molecule has 0 atom stereocenters. The highest BCUT2D eigenvalue weighted by molar-refractivity contribution is 7.15. The Morgan fingerprint density at radius 2 is 1.83 bits per heavy atom. The molecule has 2 aromatic carbocycles. The molecule has 0 bridgehead atoms. The minimum atomic E-state index is -0.460. The second-order valence-electron chi connectivity index (χ2n) is 4.89. The van der Waals surface area contributed by atoms with Gasteiger partial charge in [0.2, 0.25) is 0 Å². The second-order valence-corrected chi connectivity index (χ2v) is 5.80. The number of nitrogen functional groups attached to an aromatic ring is 1. The summed E-state index contributed by atoms with van der Waals surface area (Å²) < 4.78 is 0. The highest BCUT2D eigenvalue weighted by atomic mass is 32.1. The van der Waals surface area contributed by atoms with Crippen molar-refractivity contribution in [3.63, 3.8) is 0 Å². The zero-order valence-electron chi connectivity index (χ0n) is 11.9. The SMILES string of the molecule is Nc1scc(-c2cccc([N+](=O)[O-])c2)c1C(=O)c1ccccc1. The van der Waals surface area contributed by atoms with E-state index in [0.29, 0.717) is 27.3 Å². The largest absolute Gasteiger partial charge is 0.390 e. The first-order valence-corrected chi connectivity index (χ1v) is 7.67. The van der Waals surface area contributed by atoms with Crippen molar-refractivity contribution in [2.75, 3.05) is 5.73 Å². The molecule has 0 amide bonds. The third-order valence-electron chi connectivity index (χ3n) is 3.45. The number of thiophene rings is 1. The lowest BCUT2D eigenvalue weighted by atomic mass is 9.97. The van der Waals surface area contributed by atoms with Gasteiger partial charge in [0.15, 0.2) is 5.78 Å². The first-order valence-electron chi connectivity index (χ1n) is 6.79. The standard InChI is InChI=1S/C17H12N2O3S/c18-17-15(16(20)11-5-2-1-3-6-11)14(10-23-17)12-7-4-8-13(9-12)19(21)22/h1-10H,18H2. The molecule has 0 aliphatic carbocycles.